The van der Waals surface area contributed by atoms with Gasteiger partial charge in [0.15, 0.2) is 0 Å². The van der Waals surface area contributed by atoms with E-state index in [0.29, 0.717) is 47.9 Å². The van der Waals surface area contributed by atoms with Gasteiger partial charge >= 0.3 is 0 Å². The van der Waals surface area contributed by atoms with Gasteiger partial charge in [-0.3, -0.25) is 0 Å². The normalized spacial score (nSPS) is 11.4. The highest BCUT2D eigenvalue weighted by atomic mass is 32.2. The number of phenolic OH excluding ortho intramolecular Hbond substituents is 4. The molecule has 0 saturated carbocycles. The maximum atomic E-state index is 13.8. The minimum atomic E-state index is -3.85. The maximum absolute atomic E-state index is 13.8. The first-order valence-corrected chi connectivity index (χ1v) is 12.7. The van der Waals surface area contributed by atoms with Crippen molar-refractivity contribution in [2.45, 2.75) is 35.5 Å². The molecule has 0 fully saturated rings. The van der Waals surface area contributed by atoms with Crippen LogP contribution in [0.4, 0.5) is 0 Å². The third-order valence-corrected chi connectivity index (χ3v) is 7.94. The summed E-state index contributed by atoms with van der Waals surface area (Å²) in [5.74, 6) is -0.140. The van der Waals surface area contributed by atoms with E-state index in [1.54, 1.807) is 60.7 Å². The summed E-state index contributed by atoms with van der Waals surface area (Å²) in [6.45, 7) is 0. The highest BCUT2D eigenvalue weighted by molar-refractivity contribution is 7.91. The molecule has 0 spiro atoms. The predicted molar refractivity (Wildman–Crippen MR) is 133 cm³/mol. The van der Waals surface area contributed by atoms with Gasteiger partial charge in [-0.05, 0) is 72.2 Å². The number of benzene rings is 4. The third-order valence-electron chi connectivity index (χ3n) is 5.99. The molecule has 7 heteroatoms. The summed E-state index contributed by atoms with van der Waals surface area (Å²) in [7, 11) is -3.85. The van der Waals surface area contributed by atoms with Crippen LogP contribution in [0, 0.1) is 0 Å². The quantitative estimate of drug-likeness (QED) is 0.279. The van der Waals surface area contributed by atoms with Gasteiger partial charge in [-0.25, -0.2) is 8.42 Å². The Labute approximate surface area is 204 Å². The van der Waals surface area contributed by atoms with Crippen LogP contribution in [0.5, 0.6) is 23.0 Å². The van der Waals surface area contributed by atoms with E-state index in [2.05, 4.69) is 0 Å². The Morgan fingerprint density at radius 2 is 0.857 bits per heavy atom. The van der Waals surface area contributed by atoms with Gasteiger partial charge in [-0.2, -0.15) is 0 Å². The monoisotopic (exact) mass is 490 g/mol. The predicted octanol–water partition coefficient (Wildman–Crippen LogP) is 4.91. The summed E-state index contributed by atoms with van der Waals surface area (Å²) >= 11 is 0. The smallest absolute Gasteiger partial charge is 0.207 e. The lowest BCUT2D eigenvalue weighted by Gasteiger charge is -2.15. The van der Waals surface area contributed by atoms with Crippen LogP contribution in [-0.2, 0) is 35.5 Å². The van der Waals surface area contributed by atoms with Gasteiger partial charge < -0.3 is 20.4 Å². The number of sulfone groups is 1. The van der Waals surface area contributed by atoms with E-state index >= 15 is 0 Å². The zero-order valence-corrected chi connectivity index (χ0v) is 19.7. The van der Waals surface area contributed by atoms with Crippen LogP contribution in [0.25, 0.3) is 0 Å². The topological polar surface area (TPSA) is 115 Å². The Morgan fingerprint density at radius 3 is 1.26 bits per heavy atom. The van der Waals surface area contributed by atoms with Gasteiger partial charge in [0.2, 0.25) is 9.84 Å². The molecule has 0 atom stereocenters. The summed E-state index contributed by atoms with van der Waals surface area (Å²) < 4.78 is 27.5. The SMILES string of the molecule is O=S(=O)(c1ccccc1CCc1ccc(O)cc1O)c1ccccc1CCc1ccc(O)cc1O. The van der Waals surface area contributed by atoms with Crippen molar-refractivity contribution < 1.29 is 28.8 Å². The Kier molecular flexibility index (Phi) is 6.98. The second-order valence-electron chi connectivity index (χ2n) is 8.34. The number of aromatic hydroxyl groups is 4. The second kappa shape index (κ2) is 10.1. The third kappa shape index (κ3) is 5.41. The zero-order valence-electron chi connectivity index (χ0n) is 18.9. The summed E-state index contributed by atoms with van der Waals surface area (Å²) in [5, 5.41) is 39.2. The van der Waals surface area contributed by atoms with Crippen LogP contribution in [0.15, 0.2) is 94.7 Å². The van der Waals surface area contributed by atoms with Crippen molar-refractivity contribution >= 4 is 9.84 Å². The Bertz CT molecular complexity index is 1360. The average Bonchev–Trinajstić information content (AvgIpc) is 2.83. The Balaban J connectivity index is 1.62. The number of phenols is 4. The van der Waals surface area contributed by atoms with Crippen molar-refractivity contribution in [3.63, 3.8) is 0 Å². The average molecular weight is 491 g/mol. The van der Waals surface area contributed by atoms with E-state index in [1.165, 1.54) is 24.3 Å². The lowest BCUT2D eigenvalue weighted by Crippen LogP contribution is -2.10. The molecule has 0 aliphatic carbocycles. The lowest BCUT2D eigenvalue weighted by atomic mass is 10.0. The molecular weight excluding hydrogens is 464 g/mol. The van der Waals surface area contributed by atoms with E-state index < -0.39 is 9.84 Å². The Hall–Kier alpha value is -3.97. The molecule has 4 N–H and O–H groups in total. The van der Waals surface area contributed by atoms with Gasteiger partial charge in [0.1, 0.15) is 23.0 Å². The zero-order chi connectivity index (χ0) is 25.0. The fourth-order valence-electron chi connectivity index (χ4n) is 4.13. The van der Waals surface area contributed by atoms with Gasteiger partial charge in [0.25, 0.3) is 0 Å². The van der Waals surface area contributed by atoms with E-state index in [-0.39, 0.29) is 32.8 Å². The van der Waals surface area contributed by atoms with Crippen molar-refractivity contribution in [3.05, 3.63) is 107 Å². The molecule has 0 amide bonds. The van der Waals surface area contributed by atoms with Crippen LogP contribution in [0.3, 0.4) is 0 Å². The number of rotatable bonds is 8. The van der Waals surface area contributed by atoms with Crippen molar-refractivity contribution in [3.8, 4) is 23.0 Å². The fraction of sp³-hybridized carbons (Fsp3) is 0.143. The van der Waals surface area contributed by atoms with Crippen molar-refractivity contribution in [2.75, 3.05) is 0 Å². The molecule has 0 bridgehead atoms. The molecule has 0 unspecified atom stereocenters. The summed E-state index contributed by atoms with van der Waals surface area (Å²) in [6, 6.07) is 22.4. The van der Waals surface area contributed by atoms with Crippen molar-refractivity contribution in [1.82, 2.24) is 0 Å². The summed E-state index contributed by atoms with van der Waals surface area (Å²) in [5.41, 5.74) is 2.49. The van der Waals surface area contributed by atoms with Crippen molar-refractivity contribution in [2.24, 2.45) is 0 Å². The standard InChI is InChI=1S/C28H26O6S/c29-23-15-13-19(25(31)17-23)9-11-21-5-1-3-7-27(21)35(33,34)28-8-4-2-6-22(28)12-10-20-14-16-24(30)18-26(20)32/h1-8,13-18,29-32H,9-12H2. The largest absolute Gasteiger partial charge is 0.508 e. The first kappa shape index (κ1) is 24.2. The fourth-order valence-corrected chi connectivity index (χ4v) is 5.91. The molecule has 4 aromatic rings. The molecule has 0 aliphatic rings. The van der Waals surface area contributed by atoms with Crippen molar-refractivity contribution in [1.29, 1.82) is 0 Å². The molecule has 0 heterocycles. The van der Waals surface area contributed by atoms with E-state index in [9.17, 15) is 28.8 Å². The van der Waals surface area contributed by atoms with Crippen LogP contribution < -0.4 is 0 Å². The molecule has 180 valence electrons. The molecular formula is C28H26O6S. The summed E-state index contributed by atoms with van der Waals surface area (Å²) in [6.07, 6.45) is 1.58. The van der Waals surface area contributed by atoms with Gasteiger partial charge in [0.05, 0.1) is 9.79 Å². The highest BCUT2D eigenvalue weighted by Gasteiger charge is 2.24. The van der Waals surface area contributed by atoms with E-state index in [1.807, 2.05) is 0 Å². The molecule has 0 aliphatic heterocycles. The first-order chi connectivity index (χ1) is 16.8. The first-order valence-electron chi connectivity index (χ1n) is 11.2. The van der Waals surface area contributed by atoms with E-state index in [4.69, 9.17) is 0 Å². The lowest BCUT2D eigenvalue weighted by molar-refractivity contribution is 0.445. The number of hydrogen-bond acceptors (Lipinski definition) is 6. The molecule has 4 rings (SSSR count). The number of hydrogen-bond donors (Lipinski definition) is 4. The second-order valence-corrected chi connectivity index (χ2v) is 10.2. The molecule has 35 heavy (non-hydrogen) atoms. The molecule has 0 radical (unpaired) electrons. The van der Waals surface area contributed by atoms with Gasteiger partial charge in [-0.1, -0.05) is 48.5 Å². The maximum Gasteiger partial charge on any atom is 0.207 e. The van der Waals surface area contributed by atoms with Crippen LogP contribution in [-0.4, -0.2) is 28.8 Å². The van der Waals surface area contributed by atoms with Crippen LogP contribution in [0.2, 0.25) is 0 Å². The highest BCUT2D eigenvalue weighted by Crippen LogP contribution is 2.31. The van der Waals surface area contributed by atoms with Crippen LogP contribution in [0.1, 0.15) is 22.3 Å². The van der Waals surface area contributed by atoms with Crippen LogP contribution >= 0.6 is 0 Å². The Morgan fingerprint density at radius 1 is 0.486 bits per heavy atom. The van der Waals surface area contributed by atoms with E-state index in [0.717, 1.165) is 0 Å². The minimum Gasteiger partial charge on any atom is -0.508 e. The molecule has 0 saturated heterocycles. The van der Waals surface area contributed by atoms with Gasteiger partial charge in [-0.15, -0.1) is 0 Å². The minimum absolute atomic E-state index is 0.0341. The molecule has 0 aromatic heterocycles. The molecule has 6 nitrogen and oxygen atoms in total. The van der Waals surface area contributed by atoms with Gasteiger partial charge in [0, 0.05) is 12.1 Å². The number of aryl methyl sites for hydroxylation is 4. The molecule has 4 aromatic carbocycles. The summed E-state index contributed by atoms with van der Waals surface area (Å²) in [4.78, 5) is 0.413.